The van der Waals surface area contributed by atoms with E-state index in [-0.39, 0.29) is 13.2 Å². The van der Waals surface area contributed by atoms with Crippen LogP contribution < -0.4 is 4.84 Å². The molecule has 206 valence electrons. The van der Waals surface area contributed by atoms with E-state index in [2.05, 4.69) is 0 Å². The van der Waals surface area contributed by atoms with E-state index in [1.165, 1.54) is 4.73 Å². The van der Waals surface area contributed by atoms with Gasteiger partial charge in [0.1, 0.15) is 23.0 Å². The van der Waals surface area contributed by atoms with Gasteiger partial charge in [-0.05, 0) is 28.8 Å². The molecule has 0 saturated carbocycles. The monoisotopic (exact) mass is 557 g/mol. The minimum absolute atomic E-state index is 0.202. The zero-order chi connectivity index (χ0) is 27.6. The van der Waals surface area contributed by atoms with Crippen LogP contribution in [0.2, 0.25) is 0 Å². The van der Waals surface area contributed by atoms with Gasteiger partial charge in [-0.2, -0.15) is 4.73 Å². The lowest BCUT2D eigenvalue weighted by molar-refractivity contribution is -0.164. The normalized spacial score (nSPS) is 20.3. The van der Waals surface area contributed by atoms with E-state index in [1.807, 2.05) is 91.0 Å². The number of aromatic nitrogens is 1. The van der Waals surface area contributed by atoms with Gasteiger partial charge in [-0.1, -0.05) is 109 Å². The van der Waals surface area contributed by atoms with Crippen molar-refractivity contribution in [3.8, 4) is 0 Å². The van der Waals surface area contributed by atoms with Gasteiger partial charge in [0.15, 0.2) is 6.10 Å². The van der Waals surface area contributed by atoms with E-state index in [9.17, 15) is 4.79 Å². The Hall–Kier alpha value is -3.66. The van der Waals surface area contributed by atoms with Crippen LogP contribution in [0.15, 0.2) is 115 Å². The lowest BCUT2D eigenvalue weighted by atomic mass is 10.1. The lowest BCUT2D eigenvalue weighted by Gasteiger charge is -2.25. The van der Waals surface area contributed by atoms with Crippen molar-refractivity contribution in [3.63, 3.8) is 0 Å². The zero-order valence-corrected chi connectivity index (χ0v) is 22.7. The van der Waals surface area contributed by atoms with Crippen molar-refractivity contribution >= 4 is 18.2 Å². The summed E-state index contributed by atoms with van der Waals surface area (Å²) in [5.41, 5.74) is 2.99. The van der Waals surface area contributed by atoms with Crippen molar-refractivity contribution in [2.24, 2.45) is 0 Å². The van der Waals surface area contributed by atoms with E-state index in [0.717, 1.165) is 16.7 Å². The fraction of sp³-hybridized carbons (Fsp3) is 0.250. The first-order valence-corrected chi connectivity index (χ1v) is 13.6. The topological polar surface area (TPSA) is 68.2 Å². The molecule has 2 heterocycles. The van der Waals surface area contributed by atoms with Gasteiger partial charge < -0.3 is 23.8 Å². The average Bonchev–Trinajstić information content (AvgIpc) is 3.35. The van der Waals surface area contributed by atoms with Crippen LogP contribution >= 0.6 is 12.2 Å². The van der Waals surface area contributed by atoms with Gasteiger partial charge in [0, 0.05) is 6.20 Å². The van der Waals surface area contributed by atoms with Crippen molar-refractivity contribution in [1.29, 1.82) is 0 Å². The SMILES string of the molecule is O=C(On1ccccc1=S)[C@@H]1O[C@H](COCc2ccccc2)[C@@H](OCc2ccccc2)[C@H]1OCc1ccccc1. The van der Waals surface area contributed by atoms with Crippen LogP contribution in [0.3, 0.4) is 0 Å². The summed E-state index contributed by atoms with van der Waals surface area (Å²) in [7, 11) is 0. The minimum atomic E-state index is -1.06. The molecule has 0 amide bonds. The van der Waals surface area contributed by atoms with Crippen LogP contribution in [-0.4, -0.2) is 41.7 Å². The van der Waals surface area contributed by atoms with Crippen molar-refractivity contribution in [3.05, 3.63) is 137 Å². The summed E-state index contributed by atoms with van der Waals surface area (Å²) < 4.78 is 26.6. The number of benzene rings is 3. The second-order valence-corrected chi connectivity index (χ2v) is 9.81. The molecule has 0 unspecified atom stereocenters. The number of ether oxygens (including phenoxy) is 4. The van der Waals surface area contributed by atoms with E-state index < -0.39 is 30.4 Å². The number of carbonyl (C=O) groups is 1. The van der Waals surface area contributed by atoms with Crippen molar-refractivity contribution in [2.75, 3.05) is 6.61 Å². The molecule has 0 N–H and O–H groups in total. The maximum Gasteiger partial charge on any atom is 0.364 e. The molecule has 0 radical (unpaired) electrons. The molecule has 3 aromatic carbocycles. The summed E-state index contributed by atoms with van der Waals surface area (Å²) in [6.45, 7) is 1.19. The fourth-order valence-electron chi connectivity index (χ4n) is 4.47. The molecule has 1 aliphatic heterocycles. The average molecular weight is 558 g/mol. The van der Waals surface area contributed by atoms with Crippen LogP contribution in [0.25, 0.3) is 0 Å². The summed E-state index contributed by atoms with van der Waals surface area (Å²) in [4.78, 5) is 19.1. The second-order valence-electron chi connectivity index (χ2n) is 9.39. The van der Waals surface area contributed by atoms with Gasteiger partial charge in [0.05, 0.1) is 26.4 Å². The largest absolute Gasteiger partial charge is 0.374 e. The Labute approximate surface area is 238 Å². The summed E-state index contributed by atoms with van der Waals surface area (Å²) >= 11 is 5.30. The van der Waals surface area contributed by atoms with Crippen LogP contribution in [0.1, 0.15) is 16.7 Å². The molecule has 1 aliphatic rings. The lowest BCUT2D eigenvalue weighted by Crippen LogP contribution is -2.43. The highest BCUT2D eigenvalue weighted by Gasteiger charge is 2.51. The summed E-state index contributed by atoms with van der Waals surface area (Å²) in [6, 6.07) is 34.6. The van der Waals surface area contributed by atoms with Crippen molar-refractivity contribution in [2.45, 2.75) is 44.2 Å². The molecule has 4 aromatic rings. The first kappa shape index (κ1) is 27.9. The van der Waals surface area contributed by atoms with Gasteiger partial charge in [-0.3, -0.25) is 0 Å². The highest BCUT2D eigenvalue weighted by molar-refractivity contribution is 7.71. The first-order chi connectivity index (χ1) is 19.7. The Bertz CT molecular complexity index is 1400. The molecule has 5 rings (SSSR count). The van der Waals surface area contributed by atoms with Crippen molar-refractivity contribution < 1.29 is 28.6 Å². The minimum Gasteiger partial charge on any atom is -0.374 e. The molecular formula is C32H31NO6S. The number of carbonyl (C=O) groups excluding carboxylic acids is 1. The standard InChI is InChI=1S/C32H31NO6S/c34-32(39-33-19-11-10-18-28(33)40)31-30(37-22-26-16-8-3-9-17-26)29(36-21-25-14-6-2-7-15-25)27(38-31)23-35-20-24-12-4-1-5-13-24/h1-19,27,29-31H,20-23H2/t27-,29-,30-,31-/m1/s1. The summed E-state index contributed by atoms with van der Waals surface area (Å²) in [5.74, 6) is -0.626. The highest BCUT2D eigenvalue weighted by Crippen LogP contribution is 2.30. The molecule has 7 nitrogen and oxygen atoms in total. The van der Waals surface area contributed by atoms with Gasteiger partial charge in [-0.15, -0.1) is 0 Å². The third kappa shape index (κ3) is 7.50. The van der Waals surface area contributed by atoms with Crippen LogP contribution in [0.5, 0.6) is 0 Å². The molecule has 40 heavy (non-hydrogen) atoms. The van der Waals surface area contributed by atoms with Crippen LogP contribution in [-0.2, 0) is 43.6 Å². The number of hydrogen-bond donors (Lipinski definition) is 0. The quantitative estimate of drug-likeness (QED) is 0.218. The van der Waals surface area contributed by atoms with E-state index in [4.69, 9.17) is 36.0 Å². The number of pyridine rings is 1. The van der Waals surface area contributed by atoms with E-state index >= 15 is 0 Å². The molecule has 1 aromatic heterocycles. The van der Waals surface area contributed by atoms with Crippen LogP contribution in [0.4, 0.5) is 0 Å². The molecule has 0 aliphatic carbocycles. The van der Waals surface area contributed by atoms with Gasteiger partial charge >= 0.3 is 5.97 Å². The molecule has 4 atom stereocenters. The molecule has 8 heteroatoms. The Morgan fingerprint density at radius 3 is 1.80 bits per heavy atom. The maximum absolute atomic E-state index is 13.5. The Kier molecular flexibility index (Phi) is 9.84. The van der Waals surface area contributed by atoms with E-state index in [0.29, 0.717) is 17.9 Å². The molecule has 0 bridgehead atoms. The Morgan fingerprint density at radius 1 is 0.700 bits per heavy atom. The highest BCUT2D eigenvalue weighted by atomic mass is 32.1. The number of rotatable bonds is 12. The maximum atomic E-state index is 13.5. The molecule has 1 fully saturated rings. The van der Waals surface area contributed by atoms with Gasteiger partial charge in [0.2, 0.25) is 0 Å². The predicted molar refractivity (Wildman–Crippen MR) is 152 cm³/mol. The fourth-order valence-corrected chi connectivity index (χ4v) is 4.65. The summed E-state index contributed by atoms with van der Waals surface area (Å²) in [5, 5.41) is 0. The zero-order valence-electron chi connectivity index (χ0n) is 21.9. The predicted octanol–water partition coefficient (Wildman–Crippen LogP) is 5.33. The third-order valence-electron chi connectivity index (χ3n) is 6.48. The molecule has 1 saturated heterocycles. The third-order valence-corrected chi connectivity index (χ3v) is 6.80. The smallest absolute Gasteiger partial charge is 0.364 e. The molecule has 0 spiro atoms. The molecular weight excluding hydrogens is 526 g/mol. The van der Waals surface area contributed by atoms with Crippen LogP contribution in [0, 0.1) is 4.64 Å². The Morgan fingerprint density at radius 2 is 1.23 bits per heavy atom. The second kappa shape index (κ2) is 14.1. The van der Waals surface area contributed by atoms with Gasteiger partial charge in [-0.25, -0.2) is 4.79 Å². The Balaban J connectivity index is 1.37. The van der Waals surface area contributed by atoms with Gasteiger partial charge in [0.25, 0.3) is 0 Å². The van der Waals surface area contributed by atoms with Crippen molar-refractivity contribution in [1.82, 2.24) is 4.73 Å². The van der Waals surface area contributed by atoms with E-state index in [1.54, 1.807) is 24.4 Å². The number of hydrogen-bond acceptors (Lipinski definition) is 7. The number of nitrogens with zero attached hydrogens (tertiary/aromatic N) is 1. The first-order valence-electron chi connectivity index (χ1n) is 13.2. The summed E-state index contributed by atoms with van der Waals surface area (Å²) in [6.07, 6.45) is -1.40.